The molecule has 0 aromatic rings. The highest BCUT2D eigenvalue weighted by molar-refractivity contribution is 6.00. The summed E-state index contributed by atoms with van der Waals surface area (Å²) in [4.78, 5) is 22.7. The van der Waals surface area contributed by atoms with Crippen LogP contribution in [0.1, 0.15) is 13.3 Å². The van der Waals surface area contributed by atoms with Crippen molar-refractivity contribution in [3.8, 4) is 0 Å². The SMILES string of the molecule is C=CC=CCC(C(=O)OC)=C(C)C(=O)OC. The van der Waals surface area contributed by atoms with E-state index in [-0.39, 0.29) is 11.1 Å². The highest BCUT2D eigenvalue weighted by atomic mass is 16.5. The molecule has 0 saturated carbocycles. The number of carbonyl (C=O) groups is 2. The van der Waals surface area contributed by atoms with Gasteiger partial charge in [-0.2, -0.15) is 0 Å². The maximum Gasteiger partial charge on any atom is 0.334 e. The molecule has 0 amide bonds. The van der Waals surface area contributed by atoms with E-state index in [1.54, 1.807) is 18.2 Å². The lowest BCUT2D eigenvalue weighted by atomic mass is 10.1. The van der Waals surface area contributed by atoms with Gasteiger partial charge in [0, 0.05) is 5.57 Å². The second kappa shape index (κ2) is 7.45. The van der Waals surface area contributed by atoms with Crippen LogP contribution in [0.4, 0.5) is 0 Å². The Morgan fingerprint density at radius 3 is 2.19 bits per heavy atom. The van der Waals surface area contributed by atoms with Crippen molar-refractivity contribution in [2.24, 2.45) is 0 Å². The zero-order chi connectivity index (χ0) is 12.6. The summed E-state index contributed by atoms with van der Waals surface area (Å²) in [5, 5.41) is 0. The van der Waals surface area contributed by atoms with Crippen LogP contribution in [0.5, 0.6) is 0 Å². The van der Waals surface area contributed by atoms with Gasteiger partial charge in [-0.25, -0.2) is 9.59 Å². The zero-order valence-electron chi connectivity index (χ0n) is 9.78. The lowest BCUT2D eigenvalue weighted by Gasteiger charge is -2.06. The Balaban J connectivity index is 5.06. The zero-order valence-corrected chi connectivity index (χ0v) is 9.78. The highest BCUT2D eigenvalue weighted by Crippen LogP contribution is 2.13. The lowest BCUT2D eigenvalue weighted by Crippen LogP contribution is -2.12. The van der Waals surface area contributed by atoms with Gasteiger partial charge < -0.3 is 9.47 Å². The number of hydrogen-bond donors (Lipinski definition) is 0. The summed E-state index contributed by atoms with van der Waals surface area (Å²) in [7, 11) is 2.53. The number of ether oxygens (including phenoxy) is 2. The molecule has 4 heteroatoms. The smallest absolute Gasteiger partial charge is 0.334 e. The fraction of sp³-hybridized carbons (Fsp3) is 0.333. The molecule has 0 atom stereocenters. The van der Waals surface area contributed by atoms with Crippen molar-refractivity contribution in [1.29, 1.82) is 0 Å². The Bertz CT molecular complexity index is 337. The third kappa shape index (κ3) is 4.13. The summed E-state index contributed by atoms with van der Waals surface area (Å²) in [6.45, 7) is 5.04. The molecule has 0 aromatic carbocycles. The van der Waals surface area contributed by atoms with Crippen molar-refractivity contribution in [3.63, 3.8) is 0 Å². The van der Waals surface area contributed by atoms with Crippen LogP contribution in [0.25, 0.3) is 0 Å². The molecule has 0 spiro atoms. The van der Waals surface area contributed by atoms with Crippen LogP contribution in [0.15, 0.2) is 36.0 Å². The first-order valence-corrected chi connectivity index (χ1v) is 4.72. The largest absolute Gasteiger partial charge is 0.466 e. The van der Waals surface area contributed by atoms with Gasteiger partial charge in [0.2, 0.25) is 0 Å². The fourth-order valence-electron chi connectivity index (χ4n) is 1.07. The molecule has 0 aliphatic heterocycles. The molecule has 0 aliphatic rings. The molecule has 0 fully saturated rings. The van der Waals surface area contributed by atoms with E-state index >= 15 is 0 Å². The molecule has 4 nitrogen and oxygen atoms in total. The van der Waals surface area contributed by atoms with Gasteiger partial charge in [-0.05, 0) is 13.3 Å². The Hall–Kier alpha value is -1.84. The number of rotatable bonds is 5. The molecule has 0 saturated heterocycles. The van der Waals surface area contributed by atoms with E-state index in [1.807, 2.05) is 0 Å². The first kappa shape index (κ1) is 14.2. The summed E-state index contributed by atoms with van der Waals surface area (Å²) in [5.41, 5.74) is 0.538. The van der Waals surface area contributed by atoms with Crippen LogP contribution in [-0.4, -0.2) is 26.2 Å². The van der Waals surface area contributed by atoms with E-state index in [4.69, 9.17) is 0 Å². The van der Waals surface area contributed by atoms with Crippen molar-refractivity contribution in [2.75, 3.05) is 14.2 Å². The molecule has 0 N–H and O–H groups in total. The lowest BCUT2D eigenvalue weighted by molar-refractivity contribution is -0.139. The quantitative estimate of drug-likeness (QED) is 0.406. The van der Waals surface area contributed by atoms with Gasteiger partial charge in [-0.15, -0.1) is 0 Å². The molecule has 0 aromatic heterocycles. The predicted molar refractivity (Wildman–Crippen MR) is 60.7 cm³/mol. The first-order valence-electron chi connectivity index (χ1n) is 4.72. The van der Waals surface area contributed by atoms with Gasteiger partial charge >= 0.3 is 11.9 Å². The van der Waals surface area contributed by atoms with E-state index in [0.29, 0.717) is 6.42 Å². The highest BCUT2D eigenvalue weighted by Gasteiger charge is 2.17. The summed E-state index contributed by atoms with van der Waals surface area (Å²) < 4.78 is 9.14. The van der Waals surface area contributed by atoms with Gasteiger partial charge in [-0.3, -0.25) is 0 Å². The van der Waals surface area contributed by atoms with Gasteiger partial charge in [0.25, 0.3) is 0 Å². The van der Waals surface area contributed by atoms with Crippen LogP contribution in [-0.2, 0) is 19.1 Å². The van der Waals surface area contributed by atoms with Crippen LogP contribution in [0.3, 0.4) is 0 Å². The summed E-state index contributed by atoms with van der Waals surface area (Å²) >= 11 is 0. The standard InChI is InChI=1S/C12H16O4/c1-5-6-7-8-10(12(14)16-4)9(2)11(13)15-3/h5-7H,1,8H2,2-4H3. The van der Waals surface area contributed by atoms with Crippen molar-refractivity contribution in [3.05, 3.63) is 36.0 Å². The van der Waals surface area contributed by atoms with Gasteiger partial charge in [0.05, 0.1) is 19.8 Å². The van der Waals surface area contributed by atoms with Crippen LogP contribution >= 0.6 is 0 Å². The van der Waals surface area contributed by atoms with Crippen molar-refractivity contribution < 1.29 is 19.1 Å². The topological polar surface area (TPSA) is 52.6 Å². The van der Waals surface area contributed by atoms with Crippen LogP contribution < -0.4 is 0 Å². The molecule has 0 bridgehead atoms. The van der Waals surface area contributed by atoms with Crippen molar-refractivity contribution in [1.82, 2.24) is 0 Å². The fourth-order valence-corrected chi connectivity index (χ4v) is 1.07. The molecular weight excluding hydrogens is 208 g/mol. The molecule has 0 radical (unpaired) electrons. The van der Waals surface area contributed by atoms with E-state index in [0.717, 1.165) is 0 Å². The monoisotopic (exact) mass is 224 g/mol. The number of esters is 2. The number of hydrogen-bond acceptors (Lipinski definition) is 4. The average Bonchev–Trinajstić information content (AvgIpc) is 2.32. The molecule has 16 heavy (non-hydrogen) atoms. The van der Waals surface area contributed by atoms with Crippen molar-refractivity contribution >= 4 is 11.9 Å². The molecule has 0 aliphatic carbocycles. The molecular formula is C12H16O4. The Morgan fingerprint density at radius 1 is 1.19 bits per heavy atom. The van der Waals surface area contributed by atoms with E-state index in [9.17, 15) is 9.59 Å². The molecule has 88 valence electrons. The third-order valence-electron chi connectivity index (χ3n) is 1.97. The Labute approximate surface area is 95.2 Å². The van der Waals surface area contributed by atoms with Gasteiger partial charge in [-0.1, -0.05) is 24.8 Å². The third-order valence-corrected chi connectivity index (χ3v) is 1.97. The van der Waals surface area contributed by atoms with E-state index < -0.39 is 11.9 Å². The Morgan fingerprint density at radius 2 is 1.75 bits per heavy atom. The van der Waals surface area contributed by atoms with Gasteiger partial charge in [0.15, 0.2) is 0 Å². The second-order valence-electron chi connectivity index (χ2n) is 2.95. The van der Waals surface area contributed by atoms with Crippen LogP contribution in [0.2, 0.25) is 0 Å². The Kier molecular flexibility index (Phi) is 6.59. The maximum atomic E-state index is 11.4. The van der Waals surface area contributed by atoms with E-state index in [1.165, 1.54) is 21.1 Å². The minimum atomic E-state index is -0.535. The molecule has 0 unspecified atom stereocenters. The number of carbonyl (C=O) groups excluding carboxylic acids is 2. The van der Waals surface area contributed by atoms with Crippen molar-refractivity contribution in [2.45, 2.75) is 13.3 Å². The molecule has 0 rings (SSSR count). The maximum absolute atomic E-state index is 11.4. The van der Waals surface area contributed by atoms with Crippen LogP contribution in [0, 0.1) is 0 Å². The average molecular weight is 224 g/mol. The van der Waals surface area contributed by atoms with E-state index in [2.05, 4.69) is 16.1 Å². The first-order chi connectivity index (χ1) is 7.58. The second-order valence-corrected chi connectivity index (χ2v) is 2.95. The van der Waals surface area contributed by atoms with Gasteiger partial charge in [0.1, 0.15) is 0 Å². The predicted octanol–water partition coefficient (Wildman–Crippen LogP) is 1.78. The minimum Gasteiger partial charge on any atom is -0.466 e. The summed E-state index contributed by atoms with van der Waals surface area (Å²) in [5.74, 6) is -1.07. The molecule has 0 heterocycles. The summed E-state index contributed by atoms with van der Waals surface area (Å²) in [6, 6.07) is 0. The minimum absolute atomic E-state index is 0.253. The number of methoxy groups -OCH3 is 2. The summed E-state index contributed by atoms with van der Waals surface area (Å²) in [6.07, 6.45) is 5.29. The number of allylic oxidation sites excluding steroid dienone is 3. The normalized spacial score (nSPS) is 11.9.